The summed E-state index contributed by atoms with van der Waals surface area (Å²) in [4.78, 5) is 6.16. The lowest BCUT2D eigenvalue weighted by atomic mass is 10.2. The number of β-amino-alcohol motifs (C(OH)–C–C–N with tert-alkyl or cyclic N) is 1. The molecule has 1 aromatic rings. The van der Waals surface area contributed by atoms with Crippen LogP contribution in [0, 0.1) is 0 Å². The van der Waals surface area contributed by atoms with Gasteiger partial charge in [-0.1, -0.05) is 0 Å². The summed E-state index contributed by atoms with van der Waals surface area (Å²) in [6.45, 7) is 3.06. The Morgan fingerprint density at radius 2 is 2.36 bits per heavy atom. The average molecular weight is 196 g/mol. The van der Waals surface area contributed by atoms with E-state index in [-0.39, 0.29) is 12.1 Å². The van der Waals surface area contributed by atoms with Crippen molar-refractivity contribution < 1.29 is 5.11 Å². The second-order valence-electron chi connectivity index (χ2n) is 3.69. The number of aromatic nitrogens is 2. The Morgan fingerprint density at radius 3 is 3.00 bits per heavy atom. The molecule has 78 valence electrons. The predicted octanol–water partition coefficient (Wildman–Crippen LogP) is -0.941. The summed E-state index contributed by atoms with van der Waals surface area (Å²) in [6, 6.07) is 0.129. The van der Waals surface area contributed by atoms with Crippen LogP contribution in [0.15, 0.2) is 18.7 Å². The molecular formula is C9H16N4O. The summed E-state index contributed by atoms with van der Waals surface area (Å²) in [5.41, 5.74) is 5.48. The van der Waals surface area contributed by atoms with Crippen molar-refractivity contribution in [2.45, 2.75) is 12.1 Å². The van der Waals surface area contributed by atoms with Crippen LogP contribution in [-0.4, -0.2) is 51.8 Å². The van der Waals surface area contributed by atoms with E-state index in [0.717, 1.165) is 13.1 Å². The van der Waals surface area contributed by atoms with Gasteiger partial charge in [0.25, 0.3) is 0 Å². The van der Waals surface area contributed by atoms with Crippen LogP contribution in [0.5, 0.6) is 0 Å². The number of imidazole rings is 1. The minimum atomic E-state index is -0.309. The Balaban J connectivity index is 2.01. The van der Waals surface area contributed by atoms with Crippen LogP contribution in [0.3, 0.4) is 0 Å². The number of aliphatic hydroxyl groups is 1. The Morgan fingerprint density at radius 1 is 1.50 bits per heavy atom. The Hall–Kier alpha value is -0.910. The number of aliphatic hydroxyl groups excluding tert-OH is 1. The quantitative estimate of drug-likeness (QED) is 0.654. The van der Waals surface area contributed by atoms with Gasteiger partial charge in [-0.2, -0.15) is 0 Å². The standard InChI is InChI=1S/C9H16N4O/c10-1-3-12-5-8(9(14)6-12)13-4-2-11-7-13/h2,4,7-9,14H,1,3,5-6,10H2/t8-,9-/m1/s1. The van der Waals surface area contributed by atoms with Gasteiger partial charge in [0.05, 0.1) is 18.5 Å². The van der Waals surface area contributed by atoms with Gasteiger partial charge in [-0.05, 0) is 0 Å². The fraction of sp³-hybridized carbons (Fsp3) is 0.667. The van der Waals surface area contributed by atoms with E-state index >= 15 is 0 Å². The molecule has 1 aliphatic heterocycles. The zero-order valence-electron chi connectivity index (χ0n) is 8.08. The molecular weight excluding hydrogens is 180 g/mol. The summed E-state index contributed by atoms with van der Waals surface area (Å²) in [6.07, 6.45) is 5.06. The molecule has 0 amide bonds. The highest BCUT2D eigenvalue weighted by atomic mass is 16.3. The highest BCUT2D eigenvalue weighted by Gasteiger charge is 2.31. The monoisotopic (exact) mass is 196 g/mol. The largest absolute Gasteiger partial charge is 0.390 e. The fourth-order valence-corrected chi connectivity index (χ4v) is 1.97. The SMILES string of the molecule is NCCN1C[C@@H](O)[C@H](n2ccnc2)C1. The van der Waals surface area contributed by atoms with Crippen molar-refractivity contribution >= 4 is 0 Å². The highest BCUT2D eigenvalue weighted by molar-refractivity contribution is 4.92. The van der Waals surface area contributed by atoms with E-state index in [9.17, 15) is 5.11 Å². The molecule has 0 aromatic carbocycles. The van der Waals surface area contributed by atoms with Gasteiger partial charge in [0, 0.05) is 38.6 Å². The van der Waals surface area contributed by atoms with E-state index in [1.54, 1.807) is 12.5 Å². The normalized spacial score (nSPS) is 28.4. The molecule has 14 heavy (non-hydrogen) atoms. The van der Waals surface area contributed by atoms with Crippen molar-refractivity contribution in [2.24, 2.45) is 5.73 Å². The van der Waals surface area contributed by atoms with Crippen LogP contribution in [0.4, 0.5) is 0 Å². The van der Waals surface area contributed by atoms with Gasteiger partial charge < -0.3 is 15.4 Å². The molecule has 0 spiro atoms. The van der Waals surface area contributed by atoms with E-state index in [1.165, 1.54) is 0 Å². The Kier molecular flexibility index (Phi) is 2.81. The second kappa shape index (κ2) is 4.08. The van der Waals surface area contributed by atoms with Crippen molar-refractivity contribution in [2.75, 3.05) is 26.2 Å². The fourth-order valence-electron chi connectivity index (χ4n) is 1.97. The maximum absolute atomic E-state index is 9.83. The zero-order chi connectivity index (χ0) is 9.97. The van der Waals surface area contributed by atoms with Crippen LogP contribution in [0.25, 0.3) is 0 Å². The van der Waals surface area contributed by atoms with Gasteiger partial charge in [0.15, 0.2) is 0 Å². The molecule has 0 bridgehead atoms. The van der Waals surface area contributed by atoms with Gasteiger partial charge in [-0.25, -0.2) is 4.98 Å². The molecule has 5 nitrogen and oxygen atoms in total. The topological polar surface area (TPSA) is 67.3 Å². The maximum Gasteiger partial charge on any atom is 0.0949 e. The van der Waals surface area contributed by atoms with Crippen LogP contribution in [-0.2, 0) is 0 Å². The molecule has 2 heterocycles. The van der Waals surface area contributed by atoms with Gasteiger partial charge in [-0.15, -0.1) is 0 Å². The van der Waals surface area contributed by atoms with Crippen molar-refractivity contribution in [3.05, 3.63) is 18.7 Å². The van der Waals surface area contributed by atoms with Gasteiger partial charge in [-0.3, -0.25) is 4.90 Å². The van der Waals surface area contributed by atoms with Crippen molar-refractivity contribution in [3.63, 3.8) is 0 Å². The minimum absolute atomic E-state index is 0.129. The van der Waals surface area contributed by atoms with Crippen LogP contribution in [0.2, 0.25) is 0 Å². The molecule has 0 aliphatic carbocycles. The number of hydrogen-bond donors (Lipinski definition) is 2. The number of nitrogens with two attached hydrogens (primary N) is 1. The lowest BCUT2D eigenvalue weighted by Crippen LogP contribution is -2.28. The van der Waals surface area contributed by atoms with Crippen molar-refractivity contribution in [1.82, 2.24) is 14.5 Å². The third-order valence-corrected chi connectivity index (χ3v) is 2.69. The van der Waals surface area contributed by atoms with E-state index in [0.29, 0.717) is 13.1 Å². The molecule has 1 aromatic heterocycles. The summed E-state index contributed by atoms with van der Waals surface area (Å²) >= 11 is 0. The first kappa shape index (κ1) is 9.64. The molecule has 1 fully saturated rings. The molecule has 1 saturated heterocycles. The zero-order valence-corrected chi connectivity index (χ0v) is 8.08. The molecule has 0 radical (unpaired) electrons. The van der Waals surface area contributed by atoms with Crippen molar-refractivity contribution in [1.29, 1.82) is 0 Å². The molecule has 3 N–H and O–H groups in total. The van der Waals surface area contributed by atoms with Gasteiger partial charge in [0.2, 0.25) is 0 Å². The third kappa shape index (κ3) is 1.79. The van der Waals surface area contributed by atoms with E-state index < -0.39 is 0 Å². The average Bonchev–Trinajstić information content (AvgIpc) is 2.74. The van der Waals surface area contributed by atoms with E-state index in [2.05, 4.69) is 9.88 Å². The molecule has 0 unspecified atom stereocenters. The van der Waals surface area contributed by atoms with E-state index in [4.69, 9.17) is 5.73 Å². The molecule has 2 atom stereocenters. The first-order valence-electron chi connectivity index (χ1n) is 4.89. The Bertz CT molecular complexity index is 274. The molecule has 5 heteroatoms. The van der Waals surface area contributed by atoms with Gasteiger partial charge >= 0.3 is 0 Å². The first-order chi connectivity index (χ1) is 6.81. The smallest absolute Gasteiger partial charge is 0.0949 e. The third-order valence-electron chi connectivity index (χ3n) is 2.69. The summed E-state index contributed by atoms with van der Waals surface area (Å²) < 4.78 is 1.96. The summed E-state index contributed by atoms with van der Waals surface area (Å²) in [5, 5.41) is 9.83. The molecule has 1 aliphatic rings. The lowest BCUT2D eigenvalue weighted by Gasteiger charge is -2.15. The number of hydrogen-bond acceptors (Lipinski definition) is 4. The summed E-state index contributed by atoms with van der Waals surface area (Å²) in [7, 11) is 0. The lowest BCUT2D eigenvalue weighted by molar-refractivity contribution is 0.144. The summed E-state index contributed by atoms with van der Waals surface area (Å²) in [5.74, 6) is 0. The molecule has 0 saturated carbocycles. The minimum Gasteiger partial charge on any atom is -0.390 e. The number of rotatable bonds is 3. The highest BCUT2D eigenvalue weighted by Crippen LogP contribution is 2.21. The van der Waals surface area contributed by atoms with Crippen LogP contribution >= 0.6 is 0 Å². The number of likely N-dealkylation sites (tertiary alicyclic amines) is 1. The first-order valence-corrected chi connectivity index (χ1v) is 4.89. The van der Waals surface area contributed by atoms with E-state index in [1.807, 2.05) is 10.8 Å². The maximum atomic E-state index is 9.83. The van der Waals surface area contributed by atoms with Crippen LogP contribution in [0.1, 0.15) is 6.04 Å². The number of nitrogens with zero attached hydrogens (tertiary/aromatic N) is 3. The van der Waals surface area contributed by atoms with Crippen LogP contribution < -0.4 is 5.73 Å². The molecule has 2 rings (SSSR count). The Labute approximate surface area is 83.1 Å². The van der Waals surface area contributed by atoms with Crippen molar-refractivity contribution in [3.8, 4) is 0 Å². The van der Waals surface area contributed by atoms with Gasteiger partial charge in [0.1, 0.15) is 0 Å². The predicted molar refractivity (Wildman–Crippen MR) is 52.8 cm³/mol. The second-order valence-corrected chi connectivity index (χ2v) is 3.69.